The molecule has 130 valence electrons. The first-order valence-corrected chi connectivity index (χ1v) is 8.17. The van der Waals surface area contributed by atoms with Crippen molar-refractivity contribution >= 4 is 34.6 Å². The lowest BCUT2D eigenvalue weighted by Gasteiger charge is -2.37. The van der Waals surface area contributed by atoms with Gasteiger partial charge in [0.2, 0.25) is 5.91 Å². The van der Waals surface area contributed by atoms with E-state index in [1.54, 1.807) is 24.3 Å². The van der Waals surface area contributed by atoms with Crippen molar-refractivity contribution in [2.75, 3.05) is 36.0 Å². The number of nitro groups is 1. The summed E-state index contributed by atoms with van der Waals surface area (Å²) in [6, 6.07) is 11.9. The summed E-state index contributed by atoms with van der Waals surface area (Å²) in [5, 5.41) is 11.6. The second kappa shape index (κ2) is 6.98. The van der Waals surface area contributed by atoms with Gasteiger partial charge < -0.3 is 15.5 Å². The van der Waals surface area contributed by atoms with Gasteiger partial charge in [-0.3, -0.25) is 14.9 Å². The van der Waals surface area contributed by atoms with Gasteiger partial charge >= 0.3 is 0 Å². The number of carbonyl (C=O) groups is 1. The molecule has 0 bridgehead atoms. The fraction of sp³-hybridized carbons (Fsp3) is 0.235. The van der Waals surface area contributed by atoms with Gasteiger partial charge in [0, 0.05) is 48.5 Å². The van der Waals surface area contributed by atoms with Crippen LogP contribution in [0.5, 0.6) is 0 Å². The molecule has 0 radical (unpaired) electrons. The Hall–Kier alpha value is -2.80. The van der Waals surface area contributed by atoms with Crippen molar-refractivity contribution in [1.29, 1.82) is 0 Å². The van der Waals surface area contributed by atoms with E-state index in [-0.39, 0.29) is 5.69 Å². The summed E-state index contributed by atoms with van der Waals surface area (Å²) < 4.78 is 0. The number of hydrogen-bond donors (Lipinski definition) is 1. The minimum atomic E-state index is -0.452. The molecule has 0 atom stereocenters. The number of hydrogen-bond acceptors (Lipinski definition) is 5. The molecule has 2 N–H and O–H groups in total. The van der Waals surface area contributed by atoms with E-state index in [0.717, 1.165) is 18.8 Å². The van der Waals surface area contributed by atoms with Crippen LogP contribution in [0.4, 0.5) is 17.1 Å². The Morgan fingerprint density at radius 3 is 2.20 bits per heavy atom. The highest BCUT2D eigenvalue weighted by Crippen LogP contribution is 2.32. The zero-order valence-electron chi connectivity index (χ0n) is 13.4. The summed E-state index contributed by atoms with van der Waals surface area (Å²) in [5.41, 5.74) is 7.32. The number of benzene rings is 2. The number of nitro benzene ring substituents is 1. The van der Waals surface area contributed by atoms with Crippen molar-refractivity contribution in [1.82, 2.24) is 0 Å². The third-order valence-electron chi connectivity index (χ3n) is 4.27. The zero-order chi connectivity index (χ0) is 18.0. The molecule has 1 heterocycles. The zero-order valence-corrected chi connectivity index (χ0v) is 14.1. The lowest BCUT2D eigenvalue weighted by atomic mass is 10.1. The Bertz CT molecular complexity index is 802. The number of piperazine rings is 1. The average molecular weight is 361 g/mol. The van der Waals surface area contributed by atoms with Gasteiger partial charge in [-0.05, 0) is 36.4 Å². The van der Waals surface area contributed by atoms with E-state index in [2.05, 4.69) is 4.90 Å². The summed E-state index contributed by atoms with van der Waals surface area (Å²) in [6.07, 6.45) is 0. The minimum Gasteiger partial charge on any atom is -0.368 e. The van der Waals surface area contributed by atoms with E-state index < -0.39 is 10.8 Å². The van der Waals surface area contributed by atoms with Crippen molar-refractivity contribution in [3.63, 3.8) is 0 Å². The SMILES string of the molecule is NC(=O)c1ccc(N2CCN(c3ccc(Cl)cc3[N+](=O)[O-])CC2)cc1. The van der Waals surface area contributed by atoms with Gasteiger partial charge in [-0.15, -0.1) is 0 Å². The van der Waals surface area contributed by atoms with Crippen molar-refractivity contribution in [2.24, 2.45) is 5.73 Å². The highest BCUT2D eigenvalue weighted by Gasteiger charge is 2.24. The predicted molar refractivity (Wildman–Crippen MR) is 97.5 cm³/mol. The summed E-state index contributed by atoms with van der Waals surface area (Å²) in [5.74, 6) is -0.452. The molecule has 2 aromatic rings. The molecule has 3 rings (SSSR count). The smallest absolute Gasteiger partial charge is 0.294 e. The number of anilines is 2. The van der Waals surface area contributed by atoms with Crippen LogP contribution in [-0.2, 0) is 0 Å². The summed E-state index contributed by atoms with van der Waals surface area (Å²) >= 11 is 5.87. The van der Waals surface area contributed by atoms with Crippen LogP contribution < -0.4 is 15.5 Å². The van der Waals surface area contributed by atoms with Crippen molar-refractivity contribution < 1.29 is 9.72 Å². The van der Waals surface area contributed by atoms with Crippen LogP contribution >= 0.6 is 11.6 Å². The van der Waals surface area contributed by atoms with Crippen LogP contribution in [0.2, 0.25) is 5.02 Å². The van der Waals surface area contributed by atoms with Crippen LogP contribution in [0.1, 0.15) is 10.4 Å². The van der Waals surface area contributed by atoms with E-state index >= 15 is 0 Å². The molecule has 1 saturated heterocycles. The second-order valence-corrected chi connectivity index (χ2v) is 6.21. The third-order valence-corrected chi connectivity index (χ3v) is 4.51. The first kappa shape index (κ1) is 17.0. The van der Waals surface area contributed by atoms with Crippen LogP contribution in [0, 0.1) is 10.1 Å². The van der Waals surface area contributed by atoms with E-state index in [1.165, 1.54) is 6.07 Å². The molecule has 7 nitrogen and oxygen atoms in total. The molecular weight excluding hydrogens is 344 g/mol. The number of halogens is 1. The van der Waals surface area contributed by atoms with Gasteiger partial charge in [-0.1, -0.05) is 11.6 Å². The summed E-state index contributed by atoms with van der Waals surface area (Å²) in [7, 11) is 0. The normalized spacial score (nSPS) is 14.4. The molecule has 1 aliphatic rings. The summed E-state index contributed by atoms with van der Waals surface area (Å²) in [4.78, 5) is 26.2. The van der Waals surface area contributed by atoms with E-state index in [0.29, 0.717) is 29.4 Å². The fourth-order valence-electron chi connectivity index (χ4n) is 2.95. The van der Waals surface area contributed by atoms with Gasteiger partial charge in [0.15, 0.2) is 0 Å². The van der Waals surface area contributed by atoms with Gasteiger partial charge in [0.25, 0.3) is 5.69 Å². The molecule has 1 aliphatic heterocycles. The molecule has 1 amide bonds. The van der Waals surface area contributed by atoms with Crippen LogP contribution in [0.25, 0.3) is 0 Å². The average Bonchev–Trinajstić information content (AvgIpc) is 2.62. The number of primary amides is 1. The van der Waals surface area contributed by atoms with E-state index in [1.807, 2.05) is 17.0 Å². The lowest BCUT2D eigenvalue weighted by molar-refractivity contribution is -0.384. The predicted octanol–water partition coefficient (Wildman–Crippen LogP) is 2.67. The standard InChI is InChI=1S/C17H17ClN4O3/c18-13-3-6-15(16(11-13)22(24)25)21-9-7-20(8-10-21)14-4-1-12(2-5-14)17(19)23/h1-6,11H,7-10H2,(H2,19,23). The molecule has 0 spiro atoms. The monoisotopic (exact) mass is 360 g/mol. The molecule has 25 heavy (non-hydrogen) atoms. The van der Waals surface area contributed by atoms with Crippen molar-refractivity contribution in [3.8, 4) is 0 Å². The largest absolute Gasteiger partial charge is 0.368 e. The highest BCUT2D eigenvalue weighted by atomic mass is 35.5. The maximum absolute atomic E-state index is 11.3. The number of nitrogens with two attached hydrogens (primary N) is 1. The van der Waals surface area contributed by atoms with Gasteiger partial charge in [0.1, 0.15) is 5.69 Å². The molecule has 1 fully saturated rings. The Morgan fingerprint density at radius 1 is 1.04 bits per heavy atom. The number of rotatable bonds is 4. The molecular formula is C17H17ClN4O3. The highest BCUT2D eigenvalue weighted by molar-refractivity contribution is 6.30. The number of amides is 1. The number of nitrogens with zero attached hydrogens (tertiary/aromatic N) is 3. The molecule has 0 saturated carbocycles. The molecule has 8 heteroatoms. The fourth-order valence-corrected chi connectivity index (χ4v) is 3.12. The quantitative estimate of drug-likeness (QED) is 0.668. The molecule has 2 aromatic carbocycles. The first-order chi connectivity index (χ1) is 12.0. The first-order valence-electron chi connectivity index (χ1n) is 7.79. The van der Waals surface area contributed by atoms with Crippen LogP contribution in [-0.4, -0.2) is 37.0 Å². The van der Waals surface area contributed by atoms with Crippen molar-refractivity contribution in [3.05, 3.63) is 63.2 Å². The Morgan fingerprint density at radius 2 is 1.64 bits per heavy atom. The van der Waals surface area contributed by atoms with E-state index in [9.17, 15) is 14.9 Å². The van der Waals surface area contributed by atoms with Gasteiger partial charge in [0.05, 0.1) is 4.92 Å². The minimum absolute atomic E-state index is 0.0201. The Labute approximate surface area is 149 Å². The van der Waals surface area contributed by atoms with Crippen LogP contribution in [0.15, 0.2) is 42.5 Å². The Kier molecular flexibility index (Phi) is 4.76. The van der Waals surface area contributed by atoms with Crippen molar-refractivity contribution in [2.45, 2.75) is 0 Å². The van der Waals surface area contributed by atoms with Crippen LogP contribution in [0.3, 0.4) is 0 Å². The second-order valence-electron chi connectivity index (χ2n) is 5.78. The van der Waals surface area contributed by atoms with Gasteiger partial charge in [-0.2, -0.15) is 0 Å². The molecule has 0 unspecified atom stereocenters. The summed E-state index contributed by atoms with van der Waals surface area (Å²) in [6.45, 7) is 2.74. The molecule has 0 aliphatic carbocycles. The maximum atomic E-state index is 11.3. The van der Waals surface area contributed by atoms with E-state index in [4.69, 9.17) is 17.3 Å². The topological polar surface area (TPSA) is 92.7 Å². The lowest BCUT2D eigenvalue weighted by Crippen LogP contribution is -2.46. The third kappa shape index (κ3) is 3.66. The Balaban J connectivity index is 1.72. The van der Waals surface area contributed by atoms with Gasteiger partial charge in [-0.25, -0.2) is 0 Å². The molecule has 0 aromatic heterocycles. The number of carbonyl (C=O) groups excluding carboxylic acids is 1. The maximum Gasteiger partial charge on any atom is 0.294 e.